The van der Waals surface area contributed by atoms with Gasteiger partial charge in [0.1, 0.15) is 5.82 Å². The maximum absolute atomic E-state index is 5.88. The number of aryl methyl sites for hydroxylation is 2. The fourth-order valence-corrected chi connectivity index (χ4v) is 3.10. The van der Waals surface area contributed by atoms with Gasteiger partial charge in [0.15, 0.2) is 0 Å². The van der Waals surface area contributed by atoms with Crippen LogP contribution >= 0.6 is 11.8 Å². The van der Waals surface area contributed by atoms with Crippen molar-refractivity contribution in [2.24, 2.45) is 5.73 Å². The first-order valence-electron chi connectivity index (χ1n) is 6.44. The van der Waals surface area contributed by atoms with Crippen LogP contribution in [-0.4, -0.2) is 30.1 Å². The Balaban J connectivity index is 3.13. The highest BCUT2D eigenvalue weighted by Gasteiger charge is 2.18. The third kappa shape index (κ3) is 3.39. The van der Waals surface area contributed by atoms with Crippen LogP contribution in [0.3, 0.4) is 0 Å². The van der Waals surface area contributed by atoms with Crippen LogP contribution in [0.4, 0.5) is 5.82 Å². The molecule has 1 unspecified atom stereocenters. The Hall–Kier alpha value is -0.740. The molecule has 1 rings (SSSR count). The number of rotatable bonds is 6. The lowest BCUT2D eigenvalue weighted by molar-refractivity contribution is 0.661. The lowest BCUT2D eigenvalue weighted by Crippen LogP contribution is -2.35. The highest BCUT2D eigenvalue weighted by molar-refractivity contribution is 7.98. The zero-order valence-corrected chi connectivity index (χ0v) is 13.0. The quantitative estimate of drug-likeness (QED) is 0.860. The van der Waals surface area contributed by atoms with Crippen LogP contribution in [0.1, 0.15) is 30.2 Å². The van der Waals surface area contributed by atoms with Crippen LogP contribution in [-0.2, 0) is 6.54 Å². The number of hydrogen-bond acceptors (Lipinski definition) is 4. The molecule has 3 nitrogen and oxygen atoms in total. The van der Waals surface area contributed by atoms with Gasteiger partial charge in [-0.3, -0.25) is 0 Å². The first kappa shape index (κ1) is 15.3. The van der Waals surface area contributed by atoms with E-state index < -0.39 is 0 Å². The van der Waals surface area contributed by atoms with Gasteiger partial charge >= 0.3 is 0 Å². The molecule has 0 amide bonds. The molecule has 2 N–H and O–H groups in total. The normalized spacial score (nSPS) is 12.6. The lowest BCUT2D eigenvalue weighted by Gasteiger charge is -2.30. The summed E-state index contributed by atoms with van der Waals surface area (Å²) in [6.45, 7) is 6.93. The van der Waals surface area contributed by atoms with E-state index >= 15 is 0 Å². The number of hydrogen-bond donors (Lipinski definition) is 1. The molecule has 1 heterocycles. The number of anilines is 1. The van der Waals surface area contributed by atoms with E-state index in [1.807, 2.05) is 18.7 Å². The minimum Gasteiger partial charge on any atom is -0.356 e. The Labute approximate surface area is 115 Å². The monoisotopic (exact) mass is 267 g/mol. The van der Waals surface area contributed by atoms with E-state index in [-0.39, 0.29) is 0 Å². The van der Waals surface area contributed by atoms with Crippen molar-refractivity contribution >= 4 is 17.6 Å². The summed E-state index contributed by atoms with van der Waals surface area (Å²) < 4.78 is 0. The second kappa shape index (κ2) is 7.00. The van der Waals surface area contributed by atoms with Gasteiger partial charge in [0.25, 0.3) is 0 Å². The summed E-state index contributed by atoms with van der Waals surface area (Å²) in [6.07, 6.45) is 3.27. The average Bonchev–Trinajstić information content (AvgIpc) is 2.34. The number of pyridine rings is 1. The molecule has 1 aromatic rings. The van der Waals surface area contributed by atoms with E-state index in [9.17, 15) is 0 Å². The summed E-state index contributed by atoms with van der Waals surface area (Å²) >= 11 is 1.88. The molecule has 0 saturated heterocycles. The summed E-state index contributed by atoms with van der Waals surface area (Å²) in [4.78, 5) is 6.98. The first-order valence-corrected chi connectivity index (χ1v) is 7.83. The summed E-state index contributed by atoms with van der Waals surface area (Å²) in [5.74, 6) is 2.17. The van der Waals surface area contributed by atoms with E-state index in [0.717, 1.165) is 23.7 Å². The second-order valence-corrected chi connectivity index (χ2v) is 5.63. The van der Waals surface area contributed by atoms with Crippen molar-refractivity contribution in [2.75, 3.05) is 24.0 Å². The zero-order chi connectivity index (χ0) is 13.7. The molecule has 0 aliphatic carbocycles. The standard InChI is InChI=1S/C14H25N3S/c1-6-12(9-18-5)17(4)14-13(8-15)10(2)7-11(3)16-14/h7,12H,6,8-9,15H2,1-5H3. The maximum atomic E-state index is 5.88. The molecule has 0 spiro atoms. The SMILES string of the molecule is CCC(CSC)N(C)c1nc(C)cc(C)c1CN. The third-order valence-electron chi connectivity index (χ3n) is 3.37. The molecule has 0 radical (unpaired) electrons. The number of nitrogens with two attached hydrogens (primary N) is 1. The van der Waals surface area contributed by atoms with Gasteiger partial charge in [0, 0.05) is 36.6 Å². The summed E-state index contributed by atoms with van der Waals surface area (Å²) in [5, 5.41) is 0. The van der Waals surface area contributed by atoms with Crippen LogP contribution in [0.25, 0.3) is 0 Å². The molecule has 0 aromatic carbocycles. The van der Waals surface area contributed by atoms with Crippen molar-refractivity contribution < 1.29 is 0 Å². The largest absolute Gasteiger partial charge is 0.356 e. The van der Waals surface area contributed by atoms with Crippen LogP contribution in [0.2, 0.25) is 0 Å². The summed E-state index contributed by atoms with van der Waals surface area (Å²) in [7, 11) is 2.13. The number of aromatic nitrogens is 1. The molecular formula is C14H25N3S. The van der Waals surface area contributed by atoms with E-state index in [2.05, 4.69) is 38.1 Å². The van der Waals surface area contributed by atoms with Crippen LogP contribution in [0, 0.1) is 13.8 Å². The number of thioether (sulfide) groups is 1. The Morgan fingerprint density at radius 3 is 2.61 bits per heavy atom. The minimum atomic E-state index is 0.513. The Morgan fingerprint density at radius 2 is 2.11 bits per heavy atom. The van der Waals surface area contributed by atoms with Gasteiger partial charge in [-0.1, -0.05) is 6.92 Å². The van der Waals surface area contributed by atoms with Gasteiger partial charge in [-0.05, 0) is 38.2 Å². The highest BCUT2D eigenvalue weighted by atomic mass is 32.2. The smallest absolute Gasteiger partial charge is 0.133 e. The summed E-state index contributed by atoms with van der Waals surface area (Å²) in [6, 6.07) is 2.62. The van der Waals surface area contributed by atoms with Crippen molar-refractivity contribution in [2.45, 2.75) is 39.8 Å². The molecule has 18 heavy (non-hydrogen) atoms. The fraction of sp³-hybridized carbons (Fsp3) is 0.643. The van der Waals surface area contributed by atoms with E-state index in [0.29, 0.717) is 12.6 Å². The van der Waals surface area contributed by atoms with Crippen molar-refractivity contribution in [1.82, 2.24) is 4.98 Å². The van der Waals surface area contributed by atoms with Gasteiger partial charge in [0.2, 0.25) is 0 Å². The van der Waals surface area contributed by atoms with Gasteiger partial charge < -0.3 is 10.6 Å². The molecule has 0 aliphatic rings. The van der Waals surface area contributed by atoms with E-state index in [4.69, 9.17) is 10.7 Å². The zero-order valence-electron chi connectivity index (χ0n) is 12.2. The highest BCUT2D eigenvalue weighted by Crippen LogP contribution is 2.24. The Morgan fingerprint density at radius 1 is 1.44 bits per heavy atom. The van der Waals surface area contributed by atoms with Gasteiger partial charge in [-0.15, -0.1) is 0 Å². The van der Waals surface area contributed by atoms with Crippen molar-refractivity contribution in [3.8, 4) is 0 Å². The topological polar surface area (TPSA) is 42.2 Å². The van der Waals surface area contributed by atoms with Crippen molar-refractivity contribution in [3.05, 3.63) is 22.9 Å². The average molecular weight is 267 g/mol. The van der Waals surface area contributed by atoms with Crippen molar-refractivity contribution in [3.63, 3.8) is 0 Å². The van der Waals surface area contributed by atoms with E-state index in [1.54, 1.807) is 0 Å². The molecule has 4 heteroatoms. The second-order valence-electron chi connectivity index (χ2n) is 4.72. The molecular weight excluding hydrogens is 242 g/mol. The minimum absolute atomic E-state index is 0.513. The molecule has 1 atom stereocenters. The van der Waals surface area contributed by atoms with E-state index in [1.165, 1.54) is 11.1 Å². The molecule has 0 bridgehead atoms. The first-order chi connectivity index (χ1) is 8.54. The predicted octanol–water partition coefficient (Wildman–Crippen LogP) is 2.73. The molecule has 102 valence electrons. The van der Waals surface area contributed by atoms with Gasteiger partial charge in [-0.2, -0.15) is 11.8 Å². The van der Waals surface area contributed by atoms with Crippen molar-refractivity contribution in [1.29, 1.82) is 0 Å². The lowest BCUT2D eigenvalue weighted by atomic mass is 10.1. The van der Waals surface area contributed by atoms with Gasteiger partial charge in [0.05, 0.1) is 0 Å². The Bertz CT molecular complexity index is 393. The van der Waals surface area contributed by atoms with Crippen LogP contribution in [0.15, 0.2) is 6.07 Å². The molecule has 0 saturated carbocycles. The molecule has 0 aliphatic heterocycles. The van der Waals surface area contributed by atoms with Gasteiger partial charge in [-0.25, -0.2) is 4.98 Å². The molecule has 0 fully saturated rings. The predicted molar refractivity (Wildman–Crippen MR) is 82.5 cm³/mol. The Kier molecular flexibility index (Phi) is 5.96. The third-order valence-corrected chi connectivity index (χ3v) is 4.09. The maximum Gasteiger partial charge on any atom is 0.133 e. The van der Waals surface area contributed by atoms with Crippen LogP contribution < -0.4 is 10.6 Å². The molecule has 1 aromatic heterocycles. The number of nitrogens with zero attached hydrogens (tertiary/aromatic N) is 2. The van der Waals surface area contributed by atoms with Crippen LogP contribution in [0.5, 0.6) is 0 Å². The fourth-order valence-electron chi connectivity index (χ4n) is 2.26. The summed E-state index contributed by atoms with van der Waals surface area (Å²) in [5.41, 5.74) is 9.35.